The van der Waals surface area contributed by atoms with Gasteiger partial charge in [0.05, 0.1) is 11.4 Å². The van der Waals surface area contributed by atoms with Crippen LogP contribution in [0.1, 0.15) is 30.2 Å². The summed E-state index contributed by atoms with van der Waals surface area (Å²) in [5, 5.41) is 8.99. The van der Waals surface area contributed by atoms with Gasteiger partial charge in [-0.1, -0.05) is 0 Å². The number of nitrogens with one attached hydrogen (secondary N) is 3. The Hall–Kier alpha value is -2.12. The normalized spacial score (nSPS) is 18.3. The van der Waals surface area contributed by atoms with Crippen LogP contribution in [-0.4, -0.2) is 30.4 Å². The summed E-state index contributed by atoms with van der Waals surface area (Å²) in [7, 11) is 1.97. The average Bonchev–Trinajstić information content (AvgIpc) is 3.33. The second kappa shape index (κ2) is 7.01. The van der Waals surface area contributed by atoms with Crippen LogP contribution in [0.15, 0.2) is 29.3 Å². The lowest BCUT2D eigenvalue weighted by atomic mass is 10.1. The van der Waals surface area contributed by atoms with E-state index in [1.54, 1.807) is 11.8 Å². The molecule has 0 aliphatic carbocycles. The molecule has 0 saturated heterocycles. The first-order valence-corrected chi connectivity index (χ1v) is 9.41. The van der Waals surface area contributed by atoms with Gasteiger partial charge in [-0.2, -0.15) is 0 Å². The number of rotatable bonds is 6. The van der Waals surface area contributed by atoms with Crippen LogP contribution in [0.2, 0.25) is 0 Å². The van der Waals surface area contributed by atoms with Crippen LogP contribution < -0.4 is 20.1 Å². The van der Waals surface area contributed by atoms with E-state index in [9.17, 15) is 0 Å². The van der Waals surface area contributed by atoms with Crippen LogP contribution in [0.5, 0.6) is 11.5 Å². The highest BCUT2D eigenvalue weighted by Gasteiger charge is 2.25. The molecular weight excluding hydrogens is 336 g/mol. The van der Waals surface area contributed by atoms with Gasteiger partial charge < -0.3 is 25.1 Å². The van der Waals surface area contributed by atoms with Crippen molar-refractivity contribution in [1.82, 2.24) is 20.6 Å². The number of fused-ring (bicyclic) bond motifs is 1. The van der Waals surface area contributed by atoms with Crippen molar-refractivity contribution in [3.63, 3.8) is 0 Å². The first kappa shape index (κ1) is 16.4. The molecule has 132 valence electrons. The number of thioether (sulfide) groups is 1. The number of aromatic amines is 1. The summed E-state index contributed by atoms with van der Waals surface area (Å²) in [4.78, 5) is 8.43. The topological polar surface area (TPSA) is 71.2 Å². The maximum Gasteiger partial charge on any atom is 0.231 e. The lowest BCUT2D eigenvalue weighted by Crippen LogP contribution is -2.12. The van der Waals surface area contributed by atoms with Crippen LogP contribution in [0.3, 0.4) is 0 Å². The van der Waals surface area contributed by atoms with E-state index in [1.807, 2.05) is 25.2 Å². The van der Waals surface area contributed by atoms with Crippen LogP contribution in [0, 0.1) is 0 Å². The first-order chi connectivity index (χ1) is 12.2. The molecule has 1 aromatic carbocycles. The molecule has 7 heteroatoms. The molecule has 2 aliphatic heterocycles. The Morgan fingerprint density at radius 2 is 2.20 bits per heavy atom. The zero-order valence-corrected chi connectivity index (χ0v) is 15.2. The van der Waals surface area contributed by atoms with Gasteiger partial charge >= 0.3 is 0 Å². The Balaban J connectivity index is 1.66. The molecule has 1 unspecified atom stereocenters. The van der Waals surface area contributed by atoms with Crippen molar-refractivity contribution >= 4 is 11.8 Å². The largest absolute Gasteiger partial charge is 0.454 e. The summed E-state index contributed by atoms with van der Waals surface area (Å²) in [6, 6.07) is 6.01. The molecule has 0 spiro atoms. The Morgan fingerprint density at radius 3 is 3.00 bits per heavy atom. The number of imidazole rings is 1. The third-order valence-corrected chi connectivity index (χ3v) is 5.38. The second-order valence-corrected chi connectivity index (χ2v) is 7.16. The summed E-state index contributed by atoms with van der Waals surface area (Å²) in [5.74, 6) is 2.59. The minimum absolute atomic E-state index is 0.158. The van der Waals surface area contributed by atoms with Gasteiger partial charge in [-0.05, 0) is 50.5 Å². The molecule has 1 atom stereocenters. The van der Waals surface area contributed by atoms with Gasteiger partial charge in [0.15, 0.2) is 11.5 Å². The molecule has 6 nitrogen and oxygen atoms in total. The summed E-state index contributed by atoms with van der Waals surface area (Å²) < 4.78 is 11.0. The number of hydrogen-bond donors (Lipinski definition) is 3. The van der Waals surface area contributed by atoms with E-state index in [-0.39, 0.29) is 12.2 Å². The molecule has 0 saturated carbocycles. The van der Waals surface area contributed by atoms with Crippen LogP contribution in [-0.2, 0) is 6.42 Å². The Morgan fingerprint density at radius 1 is 1.32 bits per heavy atom. The zero-order valence-electron chi connectivity index (χ0n) is 14.4. The molecule has 3 heterocycles. The maximum atomic E-state index is 5.53. The molecule has 25 heavy (non-hydrogen) atoms. The van der Waals surface area contributed by atoms with Gasteiger partial charge in [0.2, 0.25) is 6.79 Å². The smallest absolute Gasteiger partial charge is 0.231 e. The van der Waals surface area contributed by atoms with Crippen molar-refractivity contribution in [2.75, 3.05) is 20.4 Å². The second-order valence-electron chi connectivity index (χ2n) is 6.18. The van der Waals surface area contributed by atoms with Crippen molar-refractivity contribution in [3.8, 4) is 22.8 Å². The summed E-state index contributed by atoms with van der Waals surface area (Å²) in [6.45, 7) is 3.34. The number of ether oxygens (including phenoxy) is 2. The Bertz CT molecular complexity index is 802. The van der Waals surface area contributed by atoms with Gasteiger partial charge in [0, 0.05) is 17.7 Å². The van der Waals surface area contributed by atoms with Crippen molar-refractivity contribution in [2.45, 2.75) is 25.1 Å². The Kier molecular flexibility index (Phi) is 4.59. The van der Waals surface area contributed by atoms with Crippen LogP contribution >= 0.6 is 11.8 Å². The quantitative estimate of drug-likeness (QED) is 0.689. The Labute approximate surface area is 151 Å². The van der Waals surface area contributed by atoms with E-state index in [0.29, 0.717) is 0 Å². The predicted octanol–water partition coefficient (Wildman–Crippen LogP) is 3.15. The van der Waals surface area contributed by atoms with Crippen molar-refractivity contribution in [3.05, 3.63) is 40.8 Å². The van der Waals surface area contributed by atoms with Gasteiger partial charge in [-0.3, -0.25) is 0 Å². The van der Waals surface area contributed by atoms with Gasteiger partial charge in [0.1, 0.15) is 11.2 Å². The van der Waals surface area contributed by atoms with Crippen LogP contribution in [0.4, 0.5) is 0 Å². The molecule has 0 amide bonds. The van der Waals surface area contributed by atoms with Crippen LogP contribution in [0.25, 0.3) is 11.3 Å². The highest BCUT2D eigenvalue weighted by Crippen LogP contribution is 2.41. The van der Waals surface area contributed by atoms with Crippen molar-refractivity contribution in [1.29, 1.82) is 0 Å². The third kappa shape index (κ3) is 3.34. The number of hydrogen-bond acceptors (Lipinski definition) is 6. The molecule has 1 aromatic heterocycles. The number of benzene rings is 1. The number of aromatic nitrogens is 2. The van der Waals surface area contributed by atoms with Crippen molar-refractivity contribution in [2.24, 2.45) is 0 Å². The summed E-state index contributed by atoms with van der Waals surface area (Å²) in [5.41, 5.74) is 4.31. The SMILES string of the molecule is CNCCCc1nc(-c2ccc3c(c2)OCO3)c(C2NC(C)=CS2)[nH]1. The van der Waals surface area contributed by atoms with Gasteiger partial charge in [-0.15, -0.1) is 11.8 Å². The van der Waals surface area contributed by atoms with Gasteiger partial charge in [0.25, 0.3) is 0 Å². The minimum atomic E-state index is 0.158. The molecule has 0 fully saturated rings. The van der Waals surface area contributed by atoms with E-state index in [4.69, 9.17) is 14.5 Å². The number of aryl methyl sites for hydroxylation is 1. The lowest BCUT2D eigenvalue weighted by Gasteiger charge is -2.12. The molecular formula is C18H22N4O2S. The van der Waals surface area contributed by atoms with E-state index in [2.05, 4.69) is 27.9 Å². The van der Waals surface area contributed by atoms with E-state index in [1.165, 1.54) is 5.70 Å². The fraction of sp³-hybridized carbons (Fsp3) is 0.389. The lowest BCUT2D eigenvalue weighted by molar-refractivity contribution is 0.174. The van der Waals surface area contributed by atoms with Crippen molar-refractivity contribution < 1.29 is 9.47 Å². The predicted molar refractivity (Wildman–Crippen MR) is 99.6 cm³/mol. The molecule has 0 radical (unpaired) electrons. The zero-order chi connectivity index (χ0) is 17.2. The fourth-order valence-corrected chi connectivity index (χ4v) is 4.00. The van der Waals surface area contributed by atoms with Gasteiger partial charge in [-0.25, -0.2) is 4.98 Å². The molecule has 4 rings (SSSR count). The summed E-state index contributed by atoms with van der Waals surface area (Å²) in [6.07, 6.45) is 1.97. The standard InChI is InChI=1S/C18H22N4O2S/c1-11-9-25-18(20-11)17-16(21-15(22-17)4-3-7-19-2)12-5-6-13-14(8-12)24-10-23-13/h5-6,8-9,18-20H,3-4,7,10H2,1-2H3,(H,21,22). The number of H-pyrrole nitrogens is 1. The summed E-state index contributed by atoms with van der Waals surface area (Å²) >= 11 is 1.77. The number of allylic oxidation sites excluding steroid dienone is 1. The molecule has 2 aromatic rings. The monoisotopic (exact) mass is 358 g/mol. The minimum Gasteiger partial charge on any atom is -0.454 e. The maximum absolute atomic E-state index is 5.53. The molecule has 2 aliphatic rings. The molecule has 3 N–H and O–H groups in total. The van der Waals surface area contributed by atoms with E-state index >= 15 is 0 Å². The van der Waals surface area contributed by atoms with E-state index in [0.717, 1.165) is 53.7 Å². The average molecular weight is 358 g/mol. The highest BCUT2D eigenvalue weighted by atomic mass is 32.2. The molecule has 0 bridgehead atoms. The van der Waals surface area contributed by atoms with E-state index < -0.39 is 0 Å². The third-order valence-electron chi connectivity index (χ3n) is 4.27. The number of nitrogens with zero attached hydrogens (tertiary/aromatic N) is 1. The highest BCUT2D eigenvalue weighted by molar-refractivity contribution is 8.02. The fourth-order valence-electron chi connectivity index (χ4n) is 3.03. The first-order valence-electron chi connectivity index (χ1n) is 8.47.